The van der Waals surface area contributed by atoms with Gasteiger partial charge in [0.05, 0.1) is 0 Å². The third-order valence-corrected chi connectivity index (χ3v) is 4.51. The van der Waals surface area contributed by atoms with Gasteiger partial charge in [-0.3, -0.25) is 4.99 Å². The van der Waals surface area contributed by atoms with Gasteiger partial charge < -0.3 is 20.0 Å². The van der Waals surface area contributed by atoms with Crippen LogP contribution in [-0.4, -0.2) is 74.6 Å². The van der Waals surface area contributed by atoms with E-state index in [1.165, 1.54) is 18.4 Å². The fourth-order valence-electron chi connectivity index (χ4n) is 2.81. The molecule has 24 heavy (non-hydrogen) atoms. The van der Waals surface area contributed by atoms with E-state index in [2.05, 4.69) is 63.1 Å². The van der Waals surface area contributed by atoms with Crippen LogP contribution in [0.1, 0.15) is 25.3 Å². The second kappa shape index (κ2) is 9.47. The average molecular weight is 332 g/mol. The second-order valence-corrected chi connectivity index (χ2v) is 6.49. The Morgan fingerprint density at radius 1 is 1.29 bits per heavy atom. The maximum atomic E-state index is 4.64. The van der Waals surface area contributed by atoms with Gasteiger partial charge in [0.25, 0.3) is 0 Å². The van der Waals surface area contributed by atoms with E-state index < -0.39 is 0 Å². The van der Waals surface area contributed by atoms with Crippen LogP contribution in [0.2, 0.25) is 0 Å². The van der Waals surface area contributed by atoms with Gasteiger partial charge in [0, 0.05) is 59.6 Å². The lowest BCUT2D eigenvalue weighted by molar-refractivity contribution is 0.312. The monoisotopic (exact) mass is 332 g/mol. The van der Waals surface area contributed by atoms with Crippen LogP contribution in [0.25, 0.3) is 0 Å². The second-order valence-electron chi connectivity index (χ2n) is 6.49. The van der Waals surface area contributed by atoms with Gasteiger partial charge in [-0.15, -0.1) is 0 Å². The smallest absolute Gasteiger partial charge is 0.193 e. The zero-order chi connectivity index (χ0) is 17.4. The summed E-state index contributed by atoms with van der Waals surface area (Å²) >= 11 is 0. The van der Waals surface area contributed by atoms with Gasteiger partial charge in [-0.2, -0.15) is 0 Å². The standard InChI is InChI=1S/C18H32N6/c1-5-6-9-23(4)18(19-2)21-15-16-7-8-17(20-14-16)24-12-10-22(3)11-13-24/h7-8,14H,5-6,9-13,15H2,1-4H3,(H,19,21). The summed E-state index contributed by atoms with van der Waals surface area (Å²) in [5.74, 6) is 2.02. The van der Waals surface area contributed by atoms with Crippen LogP contribution in [0.3, 0.4) is 0 Å². The number of hydrogen-bond acceptors (Lipinski definition) is 4. The molecule has 6 heteroatoms. The zero-order valence-corrected chi connectivity index (χ0v) is 15.6. The van der Waals surface area contributed by atoms with E-state index in [9.17, 15) is 0 Å². The van der Waals surface area contributed by atoms with E-state index >= 15 is 0 Å². The molecule has 2 rings (SSSR count). The molecule has 0 aromatic carbocycles. The molecule has 1 aliphatic rings. The van der Waals surface area contributed by atoms with E-state index in [0.717, 1.165) is 51.0 Å². The topological polar surface area (TPSA) is 47.0 Å². The number of hydrogen-bond donors (Lipinski definition) is 1. The molecule has 0 amide bonds. The van der Waals surface area contributed by atoms with E-state index in [1.54, 1.807) is 0 Å². The highest BCUT2D eigenvalue weighted by Crippen LogP contribution is 2.13. The highest BCUT2D eigenvalue weighted by Gasteiger charge is 2.15. The summed E-state index contributed by atoms with van der Waals surface area (Å²) in [6.07, 6.45) is 4.34. The average Bonchev–Trinajstić information content (AvgIpc) is 2.61. The van der Waals surface area contributed by atoms with E-state index in [1.807, 2.05) is 13.2 Å². The Bertz CT molecular complexity index is 505. The predicted octanol–water partition coefficient (Wildman–Crippen LogP) is 1.64. The minimum atomic E-state index is 0.749. The molecule has 0 atom stereocenters. The number of guanidine groups is 1. The molecule has 1 aromatic rings. The number of piperazine rings is 1. The molecule has 6 nitrogen and oxygen atoms in total. The molecular formula is C18H32N6. The van der Waals surface area contributed by atoms with Gasteiger partial charge in [-0.25, -0.2) is 4.98 Å². The summed E-state index contributed by atoms with van der Waals surface area (Å²) in [5.41, 5.74) is 1.18. The molecule has 0 bridgehead atoms. The van der Waals surface area contributed by atoms with Gasteiger partial charge in [-0.1, -0.05) is 19.4 Å². The van der Waals surface area contributed by atoms with Crippen molar-refractivity contribution >= 4 is 11.8 Å². The fraction of sp³-hybridized carbons (Fsp3) is 0.667. The quantitative estimate of drug-likeness (QED) is 0.634. The number of anilines is 1. The van der Waals surface area contributed by atoms with Crippen LogP contribution in [0.15, 0.2) is 23.3 Å². The first kappa shape index (κ1) is 18.5. The number of likely N-dealkylation sites (N-methyl/N-ethyl adjacent to an activating group) is 1. The van der Waals surface area contributed by atoms with E-state index in [4.69, 9.17) is 0 Å². The van der Waals surface area contributed by atoms with Crippen molar-refractivity contribution in [1.82, 2.24) is 20.1 Å². The molecule has 1 N–H and O–H groups in total. The molecule has 1 aromatic heterocycles. The molecule has 1 aliphatic heterocycles. The SMILES string of the molecule is CCCCN(C)C(=NC)NCc1ccc(N2CCN(C)CC2)nc1. The predicted molar refractivity (Wildman–Crippen MR) is 102 cm³/mol. The third kappa shape index (κ3) is 5.37. The Kier molecular flexibility index (Phi) is 7.31. The lowest BCUT2D eigenvalue weighted by atomic mass is 10.2. The first-order valence-corrected chi connectivity index (χ1v) is 8.94. The first-order valence-electron chi connectivity index (χ1n) is 8.94. The molecule has 1 saturated heterocycles. The fourth-order valence-corrected chi connectivity index (χ4v) is 2.81. The van der Waals surface area contributed by atoms with Crippen LogP contribution in [0, 0.1) is 0 Å². The highest BCUT2D eigenvalue weighted by molar-refractivity contribution is 5.79. The number of aromatic nitrogens is 1. The largest absolute Gasteiger partial charge is 0.354 e. The highest BCUT2D eigenvalue weighted by atomic mass is 15.3. The number of nitrogens with zero attached hydrogens (tertiary/aromatic N) is 5. The normalized spacial score (nSPS) is 16.3. The van der Waals surface area contributed by atoms with Gasteiger partial charge in [0.1, 0.15) is 5.82 Å². The summed E-state index contributed by atoms with van der Waals surface area (Å²) in [4.78, 5) is 15.9. The molecule has 2 heterocycles. The van der Waals surface area contributed by atoms with Crippen LogP contribution < -0.4 is 10.2 Å². The number of rotatable bonds is 6. The maximum absolute atomic E-state index is 4.64. The molecule has 0 saturated carbocycles. The van der Waals surface area contributed by atoms with E-state index in [0.29, 0.717) is 0 Å². The number of unbranched alkanes of at least 4 members (excludes halogenated alkanes) is 1. The summed E-state index contributed by atoms with van der Waals surface area (Å²) in [7, 11) is 6.09. The number of pyridine rings is 1. The van der Waals surface area contributed by atoms with Crippen molar-refractivity contribution in [3.8, 4) is 0 Å². The summed E-state index contributed by atoms with van der Waals surface area (Å²) in [6, 6.07) is 4.29. The Morgan fingerprint density at radius 3 is 2.62 bits per heavy atom. The Morgan fingerprint density at radius 2 is 2.04 bits per heavy atom. The maximum Gasteiger partial charge on any atom is 0.193 e. The van der Waals surface area contributed by atoms with Crippen molar-refractivity contribution in [2.24, 2.45) is 4.99 Å². The lowest BCUT2D eigenvalue weighted by Gasteiger charge is -2.33. The van der Waals surface area contributed by atoms with Crippen molar-refractivity contribution < 1.29 is 0 Å². The summed E-state index contributed by atoms with van der Waals surface area (Å²) in [5, 5.41) is 3.41. The Hall–Kier alpha value is -1.82. The van der Waals surface area contributed by atoms with Gasteiger partial charge >= 0.3 is 0 Å². The molecule has 134 valence electrons. The van der Waals surface area contributed by atoms with Crippen LogP contribution >= 0.6 is 0 Å². The third-order valence-electron chi connectivity index (χ3n) is 4.51. The van der Waals surface area contributed by atoms with Gasteiger partial charge in [-0.05, 0) is 25.1 Å². The van der Waals surface area contributed by atoms with Crippen molar-refractivity contribution in [2.45, 2.75) is 26.3 Å². The molecule has 0 aliphatic carbocycles. The van der Waals surface area contributed by atoms with Crippen LogP contribution in [-0.2, 0) is 6.54 Å². The van der Waals surface area contributed by atoms with Crippen molar-refractivity contribution in [1.29, 1.82) is 0 Å². The molecule has 0 radical (unpaired) electrons. The van der Waals surface area contributed by atoms with Crippen LogP contribution in [0.4, 0.5) is 5.82 Å². The summed E-state index contributed by atoms with van der Waals surface area (Å²) in [6.45, 7) is 8.29. The minimum Gasteiger partial charge on any atom is -0.354 e. The molecule has 0 spiro atoms. The van der Waals surface area contributed by atoms with Crippen molar-refractivity contribution in [3.63, 3.8) is 0 Å². The zero-order valence-electron chi connectivity index (χ0n) is 15.6. The molecule has 1 fully saturated rings. The first-order chi connectivity index (χ1) is 11.6. The lowest BCUT2D eigenvalue weighted by Crippen LogP contribution is -2.44. The Balaban J connectivity index is 1.85. The number of nitrogens with one attached hydrogen (secondary N) is 1. The van der Waals surface area contributed by atoms with Crippen molar-refractivity contribution in [2.75, 3.05) is 58.8 Å². The molecule has 0 unspecified atom stereocenters. The Labute approximate surface area is 146 Å². The van der Waals surface area contributed by atoms with Crippen LogP contribution in [0.5, 0.6) is 0 Å². The van der Waals surface area contributed by atoms with E-state index in [-0.39, 0.29) is 0 Å². The van der Waals surface area contributed by atoms with Gasteiger partial charge in [0.2, 0.25) is 0 Å². The number of aliphatic imine (C=N–C) groups is 1. The summed E-state index contributed by atoms with van der Waals surface area (Å²) < 4.78 is 0. The molecular weight excluding hydrogens is 300 g/mol. The van der Waals surface area contributed by atoms with Crippen molar-refractivity contribution in [3.05, 3.63) is 23.9 Å². The van der Waals surface area contributed by atoms with Gasteiger partial charge in [0.15, 0.2) is 5.96 Å². The minimum absolute atomic E-state index is 0.749.